The number of aliphatic hydroxyl groups excluding tert-OH is 1. The minimum Gasteiger partial charge on any atom is -0.393 e. The Morgan fingerprint density at radius 1 is 1.11 bits per heavy atom. The zero-order chi connectivity index (χ0) is 13.0. The van der Waals surface area contributed by atoms with Crippen LogP contribution in [0.4, 0.5) is 0 Å². The highest BCUT2D eigenvalue weighted by molar-refractivity contribution is 5.47. The largest absolute Gasteiger partial charge is 0.393 e. The van der Waals surface area contributed by atoms with Crippen LogP contribution >= 0.6 is 0 Å². The first kappa shape index (κ1) is 12.0. The molecule has 3 atom stereocenters. The molecule has 1 N–H and O–H groups in total. The Morgan fingerprint density at radius 3 is 2.89 bits per heavy atom. The predicted molar refractivity (Wildman–Crippen MR) is 77.5 cm³/mol. The van der Waals surface area contributed by atoms with Crippen LogP contribution in [0, 0.1) is 5.41 Å². The molecule has 1 unspecified atom stereocenters. The third-order valence-electron chi connectivity index (χ3n) is 6.15. The minimum atomic E-state index is -0.106. The molecule has 3 aliphatic carbocycles. The van der Waals surface area contributed by atoms with Crippen molar-refractivity contribution in [3.05, 3.63) is 34.4 Å². The van der Waals surface area contributed by atoms with Crippen LogP contribution in [-0.2, 0) is 19.3 Å². The van der Waals surface area contributed by atoms with Crippen LogP contribution in [-0.4, -0.2) is 11.2 Å². The first-order valence-corrected chi connectivity index (χ1v) is 7.99. The maximum absolute atomic E-state index is 9.85. The van der Waals surface area contributed by atoms with Crippen molar-refractivity contribution in [3.63, 3.8) is 0 Å². The summed E-state index contributed by atoms with van der Waals surface area (Å²) in [6, 6.07) is 4.72. The van der Waals surface area contributed by atoms with Crippen molar-refractivity contribution in [2.45, 2.75) is 70.3 Å². The van der Waals surface area contributed by atoms with E-state index in [9.17, 15) is 5.11 Å². The molecule has 0 aromatic heterocycles. The molecule has 0 heterocycles. The van der Waals surface area contributed by atoms with Gasteiger partial charge in [-0.1, -0.05) is 25.5 Å². The molecule has 3 aliphatic rings. The fourth-order valence-electron chi connectivity index (χ4n) is 5.02. The molecule has 1 fully saturated rings. The van der Waals surface area contributed by atoms with Crippen LogP contribution in [0.1, 0.15) is 67.2 Å². The maximum Gasteiger partial charge on any atom is 0.0583 e. The van der Waals surface area contributed by atoms with Gasteiger partial charge in [0.1, 0.15) is 0 Å². The molecule has 1 heteroatoms. The molecule has 4 rings (SSSR count). The zero-order valence-electron chi connectivity index (χ0n) is 11.9. The molecule has 1 aromatic rings. The van der Waals surface area contributed by atoms with Gasteiger partial charge in [0.25, 0.3) is 0 Å². The maximum atomic E-state index is 9.85. The summed E-state index contributed by atoms with van der Waals surface area (Å²) in [5.41, 5.74) is 6.96. The standard InChI is InChI=1S/C18H24O/c1-18-9-2-3-17(18)16-6-4-12-11-13(19)5-7-14(12)15(16)8-10-18/h4,6,13,17,19H,2-3,5,7-11H2,1H3/t13?,17-,18-/m0/s1. The van der Waals surface area contributed by atoms with Gasteiger partial charge in [0.05, 0.1) is 6.10 Å². The van der Waals surface area contributed by atoms with Crippen molar-refractivity contribution in [1.82, 2.24) is 0 Å². The fraction of sp³-hybridized carbons (Fsp3) is 0.667. The Labute approximate surface area is 116 Å². The van der Waals surface area contributed by atoms with Gasteiger partial charge in [-0.05, 0) is 78.5 Å². The molecule has 0 radical (unpaired) electrons. The molecule has 0 amide bonds. The Morgan fingerprint density at radius 2 is 2.00 bits per heavy atom. The average molecular weight is 256 g/mol. The van der Waals surface area contributed by atoms with Gasteiger partial charge in [-0.25, -0.2) is 0 Å². The smallest absolute Gasteiger partial charge is 0.0583 e. The topological polar surface area (TPSA) is 20.2 Å². The molecule has 0 aliphatic heterocycles. The van der Waals surface area contributed by atoms with Crippen molar-refractivity contribution in [1.29, 1.82) is 0 Å². The van der Waals surface area contributed by atoms with Gasteiger partial charge < -0.3 is 5.11 Å². The van der Waals surface area contributed by atoms with Gasteiger partial charge in [-0.15, -0.1) is 0 Å². The van der Waals surface area contributed by atoms with Gasteiger partial charge in [-0.2, -0.15) is 0 Å². The van der Waals surface area contributed by atoms with Crippen LogP contribution in [0.25, 0.3) is 0 Å². The average Bonchev–Trinajstić information content (AvgIpc) is 2.79. The molecular formula is C18H24O. The first-order chi connectivity index (χ1) is 9.17. The Kier molecular flexibility index (Phi) is 2.57. The van der Waals surface area contributed by atoms with E-state index in [1.165, 1.54) is 37.7 Å². The van der Waals surface area contributed by atoms with Crippen molar-refractivity contribution in [2.24, 2.45) is 5.41 Å². The molecule has 1 nitrogen and oxygen atoms in total. The van der Waals surface area contributed by atoms with Gasteiger partial charge in [0, 0.05) is 0 Å². The van der Waals surface area contributed by atoms with Crippen LogP contribution in [0.2, 0.25) is 0 Å². The summed E-state index contributed by atoms with van der Waals surface area (Å²) < 4.78 is 0. The molecule has 1 saturated carbocycles. The molecule has 102 valence electrons. The quantitative estimate of drug-likeness (QED) is 0.749. The van der Waals surface area contributed by atoms with Crippen molar-refractivity contribution in [3.8, 4) is 0 Å². The number of hydrogen-bond donors (Lipinski definition) is 1. The van der Waals surface area contributed by atoms with Crippen LogP contribution < -0.4 is 0 Å². The first-order valence-electron chi connectivity index (χ1n) is 7.99. The van der Waals surface area contributed by atoms with Crippen LogP contribution in [0.15, 0.2) is 12.1 Å². The van der Waals surface area contributed by atoms with Crippen molar-refractivity contribution in [2.75, 3.05) is 0 Å². The third kappa shape index (κ3) is 1.71. The lowest BCUT2D eigenvalue weighted by atomic mass is 9.65. The highest BCUT2D eigenvalue weighted by Crippen LogP contribution is 2.56. The lowest BCUT2D eigenvalue weighted by Gasteiger charge is -2.40. The highest BCUT2D eigenvalue weighted by atomic mass is 16.3. The van der Waals surface area contributed by atoms with Gasteiger partial charge in [-0.3, -0.25) is 0 Å². The predicted octanol–water partition coefficient (Wildman–Crippen LogP) is 3.76. The van der Waals surface area contributed by atoms with Gasteiger partial charge in [0.15, 0.2) is 0 Å². The van der Waals surface area contributed by atoms with E-state index >= 15 is 0 Å². The molecule has 0 spiro atoms. The molecule has 1 aromatic carbocycles. The summed E-state index contributed by atoms with van der Waals surface area (Å²) in [6.07, 6.45) is 9.73. The number of hydrogen-bond acceptors (Lipinski definition) is 1. The van der Waals surface area contributed by atoms with Crippen LogP contribution in [0.5, 0.6) is 0 Å². The normalized spacial score (nSPS) is 36.5. The minimum absolute atomic E-state index is 0.106. The summed E-state index contributed by atoms with van der Waals surface area (Å²) in [5.74, 6) is 0.813. The number of aliphatic hydroxyl groups is 1. The number of benzene rings is 1. The second-order valence-electron chi connectivity index (χ2n) is 7.27. The third-order valence-corrected chi connectivity index (χ3v) is 6.15. The summed E-state index contributed by atoms with van der Waals surface area (Å²) >= 11 is 0. The number of fused-ring (bicyclic) bond motifs is 5. The summed E-state index contributed by atoms with van der Waals surface area (Å²) in [7, 11) is 0. The lowest BCUT2D eigenvalue weighted by Crippen LogP contribution is -2.29. The SMILES string of the molecule is C[C@@]12CCC[C@H]1c1ccc3c(c1CC2)CCC(O)C3. The van der Waals surface area contributed by atoms with Crippen molar-refractivity contribution >= 4 is 0 Å². The second-order valence-corrected chi connectivity index (χ2v) is 7.27. The zero-order valence-corrected chi connectivity index (χ0v) is 11.9. The molecular weight excluding hydrogens is 232 g/mol. The number of rotatable bonds is 0. The fourth-order valence-corrected chi connectivity index (χ4v) is 5.02. The molecule has 19 heavy (non-hydrogen) atoms. The van der Waals surface area contributed by atoms with E-state index in [0.717, 1.165) is 25.2 Å². The Balaban J connectivity index is 1.81. The lowest BCUT2D eigenvalue weighted by molar-refractivity contribution is 0.158. The summed E-state index contributed by atoms with van der Waals surface area (Å²) in [4.78, 5) is 0. The summed E-state index contributed by atoms with van der Waals surface area (Å²) in [5, 5.41) is 9.85. The molecule has 0 bridgehead atoms. The van der Waals surface area contributed by atoms with E-state index in [1.807, 2.05) is 0 Å². The monoisotopic (exact) mass is 256 g/mol. The van der Waals surface area contributed by atoms with Gasteiger partial charge >= 0.3 is 0 Å². The van der Waals surface area contributed by atoms with Gasteiger partial charge in [0.2, 0.25) is 0 Å². The summed E-state index contributed by atoms with van der Waals surface area (Å²) in [6.45, 7) is 2.51. The van der Waals surface area contributed by atoms with E-state index in [-0.39, 0.29) is 6.10 Å². The Bertz CT molecular complexity index is 519. The Hall–Kier alpha value is -0.820. The van der Waals surface area contributed by atoms with Crippen LogP contribution in [0.3, 0.4) is 0 Å². The van der Waals surface area contributed by atoms with E-state index in [0.29, 0.717) is 5.41 Å². The van der Waals surface area contributed by atoms with E-state index in [1.54, 1.807) is 16.7 Å². The van der Waals surface area contributed by atoms with Crippen molar-refractivity contribution < 1.29 is 5.11 Å². The van der Waals surface area contributed by atoms with E-state index in [2.05, 4.69) is 19.1 Å². The highest BCUT2D eigenvalue weighted by Gasteiger charge is 2.43. The van der Waals surface area contributed by atoms with E-state index in [4.69, 9.17) is 0 Å². The second kappa shape index (κ2) is 4.09. The van der Waals surface area contributed by atoms with E-state index < -0.39 is 0 Å². The molecule has 0 saturated heterocycles.